The van der Waals surface area contributed by atoms with Gasteiger partial charge in [-0.3, -0.25) is 0 Å². The van der Waals surface area contributed by atoms with E-state index in [2.05, 4.69) is 26.5 Å². The van der Waals surface area contributed by atoms with Gasteiger partial charge in [0.05, 0.1) is 16.6 Å². The smallest absolute Gasteiger partial charge is 0.344 e. The maximum atomic E-state index is 12.9. The Hall–Kier alpha value is -2.37. The summed E-state index contributed by atoms with van der Waals surface area (Å²) >= 11 is 0. The summed E-state index contributed by atoms with van der Waals surface area (Å²) in [7, 11) is 0. The average molecular weight is 411 g/mol. The van der Waals surface area contributed by atoms with Crippen LogP contribution in [0.3, 0.4) is 0 Å². The quantitative estimate of drug-likeness (QED) is 0.430. The summed E-state index contributed by atoms with van der Waals surface area (Å²) in [5.74, 6) is -1.20. The van der Waals surface area contributed by atoms with Crippen molar-refractivity contribution >= 4 is 11.0 Å². The molecule has 5 heteroatoms. The Bertz CT molecular complexity index is 1110. The Morgan fingerprint density at radius 2 is 2.07 bits per heavy atom. The van der Waals surface area contributed by atoms with Crippen LogP contribution in [0.1, 0.15) is 58.1 Å². The third kappa shape index (κ3) is 3.21. The zero-order chi connectivity index (χ0) is 21.9. The fraction of sp³-hybridized carbons (Fsp3) is 0.480. The third-order valence-corrected chi connectivity index (χ3v) is 6.50. The molecule has 0 aliphatic carbocycles. The first-order chi connectivity index (χ1) is 14.0. The maximum Gasteiger partial charge on any atom is 0.344 e. The summed E-state index contributed by atoms with van der Waals surface area (Å²) in [5.41, 5.74) is 1.25. The molecule has 2 aliphatic rings. The zero-order valence-electron chi connectivity index (χ0n) is 18.4. The Labute approximate surface area is 177 Å². The van der Waals surface area contributed by atoms with E-state index in [0.717, 1.165) is 18.4 Å². The van der Waals surface area contributed by atoms with Gasteiger partial charge in [-0.15, -0.1) is 6.58 Å². The minimum Gasteiger partial charge on any atom is -0.458 e. The summed E-state index contributed by atoms with van der Waals surface area (Å²) in [6.07, 6.45) is 5.19. The highest BCUT2D eigenvalue weighted by atomic mass is 16.7. The summed E-state index contributed by atoms with van der Waals surface area (Å²) < 4.78 is 17.9. The molecule has 2 aromatic rings. The first-order valence-corrected chi connectivity index (χ1v) is 10.5. The van der Waals surface area contributed by atoms with E-state index in [0.29, 0.717) is 22.3 Å². The number of allylic oxidation sites excluding steroid dienone is 3. The number of benzene rings is 1. The second-order valence-electron chi connectivity index (χ2n) is 9.42. The summed E-state index contributed by atoms with van der Waals surface area (Å²) in [6.45, 7) is 13.9. The number of fused-ring (bicyclic) bond motifs is 3. The van der Waals surface area contributed by atoms with Gasteiger partial charge in [0.2, 0.25) is 5.79 Å². The second kappa shape index (κ2) is 6.82. The van der Waals surface area contributed by atoms with Gasteiger partial charge < -0.3 is 19.0 Å². The standard InChI is InChI=1S/C25H30O5/c1-7-23(5)14-25(27,22-24(6,30-22)13-9-10-15(2)3)29-20-18-16(4)11-8-12-17(18)28-21(26)19(20)23/h7-8,10-12,22,27H,1,9,13-14H2,2-6H3/t22-,23-,24+,25+/m0/s1. The largest absolute Gasteiger partial charge is 0.458 e. The van der Waals surface area contributed by atoms with Crippen molar-refractivity contribution in [3.8, 4) is 5.75 Å². The highest BCUT2D eigenvalue weighted by Crippen LogP contribution is 2.55. The number of hydrogen-bond donors (Lipinski definition) is 1. The number of hydrogen-bond acceptors (Lipinski definition) is 5. The van der Waals surface area contributed by atoms with Crippen molar-refractivity contribution in [1.29, 1.82) is 0 Å². The van der Waals surface area contributed by atoms with Crippen molar-refractivity contribution < 1.29 is 19.0 Å². The fourth-order valence-corrected chi connectivity index (χ4v) is 4.77. The summed E-state index contributed by atoms with van der Waals surface area (Å²) in [5, 5.41) is 12.4. The van der Waals surface area contributed by atoms with Crippen LogP contribution in [0.15, 0.2) is 51.7 Å². The molecule has 0 saturated carbocycles. The van der Waals surface area contributed by atoms with Crippen LogP contribution in [0.4, 0.5) is 0 Å². The normalized spacial score (nSPS) is 32.3. The van der Waals surface area contributed by atoms with E-state index < -0.39 is 28.5 Å². The summed E-state index contributed by atoms with van der Waals surface area (Å²) in [4.78, 5) is 12.9. The van der Waals surface area contributed by atoms with E-state index in [1.165, 1.54) is 5.57 Å². The molecule has 0 amide bonds. The number of aliphatic hydroxyl groups is 1. The predicted molar refractivity (Wildman–Crippen MR) is 117 cm³/mol. The molecule has 1 aromatic heterocycles. The third-order valence-electron chi connectivity index (χ3n) is 6.50. The highest BCUT2D eigenvalue weighted by Gasteiger charge is 2.67. The second-order valence-corrected chi connectivity index (χ2v) is 9.42. The lowest BCUT2D eigenvalue weighted by atomic mass is 9.73. The van der Waals surface area contributed by atoms with Crippen LogP contribution in [0.5, 0.6) is 5.75 Å². The highest BCUT2D eigenvalue weighted by molar-refractivity contribution is 5.88. The number of epoxide rings is 1. The lowest BCUT2D eigenvalue weighted by Gasteiger charge is -2.42. The molecule has 4 atom stereocenters. The van der Waals surface area contributed by atoms with E-state index in [1.54, 1.807) is 12.1 Å². The van der Waals surface area contributed by atoms with Gasteiger partial charge in [-0.05, 0) is 52.2 Å². The molecule has 1 fully saturated rings. The first kappa shape index (κ1) is 20.9. The molecular formula is C25H30O5. The molecule has 5 nitrogen and oxygen atoms in total. The maximum absolute atomic E-state index is 12.9. The Kier molecular flexibility index (Phi) is 4.75. The molecule has 4 rings (SSSR count). The van der Waals surface area contributed by atoms with E-state index in [-0.39, 0.29) is 6.42 Å². The monoisotopic (exact) mass is 410 g/mol. The fourth-order valence-electron chi connectivity index (χ4n) is 4.77. The molecule has 1 aromatic carbocycles. The van der Waals surface area contributed by atoms with Gasteiger partial charge in [0.25, 0.3) is 0 Å². The molecule has 0 spiro atoms. The Balaban J connectivity index is 1.80. The molecule has 3 heterocycles. The Morgan fingerprint density at radius 1 is 1.33 bits per heavy atom. The molecule has 1 N–H and O–H groups in total. The van der Waals surface area contributed by atoms with Crippen LogP contribution in [-0.2, 0) is 10.2 Å². The molecule has 0 unspecified atom stereocenters. The SMILES string of the molecule is C=C[C@@]1(C)C[C@](O)([C@H]2O[C@]2(C)CCC=C(C)C)Oc2c1c(=O)oc1cccc(C)c21. The minimum absolute atomic E-state index is 0.168. The van der Waals surface area contributed by atoms with Gasteiger partial charge in [0, 0.05) is 11.8 Å². The van der Waals surface area contributed by atoms with Crippen LogP contribution >= 0.6 is 0 Å². The van der Waals surface area contributed by atoms with Crippen molar-refractivity contribution in [1.82, 2.24) is 0 Å². The van der Waals surface area contributed by atoms with Crippen LogP contribution < -0.4 is 10.4 Å². The van der Waals surface area contributed by atoms with E-state index in [1.807, 2.05) is 32.9 Å². The van der Waals surface area contributed by atoms with Crippen LogP contribution in [0.25, 0.3) is 11.0 Å². The van der Waals surface area contributed by atoms with Gasteiger partial charge in [-0.2, -0.15) is 0 Å². The summed E-state index contributed by atoms with van der Waals surface area (Å²) in [6, 6.07) is 5.50. The van der Waals surface area contributed by atoms with Gasteiger partial charge in [-0.25, -0.2) is 4.79 Å². The van der Waals surface area contributed by atoms with E-state index in [4.69, 9.17) is 13.9 Å². The van der Waals surface area contributed by atoms with Crippen molar-refractivity contribution in [2.75, 3.05) is 0 Å². The van der Waals surface area contributed by atoms with Crippen molar-refractivity contribution in [3.05, 3.63) is 64.1 Å². The topological polar surface area (TPSA) is 72.2 Å². The lowest BCUT2D eigenvalue weighted by Crippen LogP contribution is -2.53. The van der Waals surface area contributed by atoms with Crippen molar-refractivity contribution in [2.24, 2.45) is 0 Å². The molecule has 2 aliphatic heterocycles. The molecule has 30 heavy (non-hydrogen) atoms. The van der Waals surface area contributed by atoms with E-state index in [9.17, 15) is 9.90 Å². The van der Waals surface area contributed by atoms with Gasteiger partial charge in [0.1, 0.15) is 11.3 Å². The van der Waals surface area contributed by atoms with Crippen LogP contribution in [0.2, 0.25) is 0 Å². The number of ether oxygens (including phenoxy) is 2. The zero-order valence-corrected chi connectivity index (χ0v) is 18.4. The van der Waals surface area contributed by atoms with E-state index >= 15 is 0 Å². The number of rotatable bonds is 5. The first-order valence-electron chi connectivity index (χ1n) is 10.5. The van der Waals surface area contributed by atoms with Crippen LogP contribution in [0, 0.1) is 6.92 Å². The van der Waals surface area contributed by atoms with Gasteiger partial charge in [-0.1, -0.05) is 36.8 Å². The van der Waals surface area contributed by atoms with Crippen molar-refractivity contribution in [3.63, 3.8) is 0 Å². The molecular weight excluding hydrogens is 380 g/mol. The van der Waals surface area contributed by atoms with Crippen molar-refractivity contribution in [2.45, 2.75) is 76.8 Å². The minimum atomic E-state index is -1.57. The Morgan fingerprint density at radius 3 is 2.73 bits per heavy atom. The molecule has 0 radical (unpaired) electrons. The average Bonchev–Trinajstić information content (AvgIpc) is 3.33. The molecule has 0 bridgehead atoms. The number of aryl methyl sites for hydroxylation is 1. The predicted octanol–water partition coefficient (Wildman–Crippen LogP) is 4.92. The molecule has 160 valence electrons. The van der Waals surface area contributed by atoms with Gasteiger partial charge in [0.15, 0.2) is 6.10 Å². The molecule has 1 saturated heterocycles. The van der Waals surface area contributed by atoms with Gasteiger partial charge >= 0.3 is 5.63 Å². The van der Waals surface area contributed by atoms with Crippen LogP contribution in [-0.4, -0.2) is 22.6 Å². The lowest BCUT2D eigenvalue weighted by molar-refractivity contribution is -0.175.